The summed E-state index contributed by atoms with van der Waals surface area (Å²) in [6, 6.07) is 1.96. The van der Waals surface area contributed by atoms with Crippen LogP contribution in [-0.2, 0) is 0 Å². The van der Waals surface area contributed by atoms with Gasteiger partial charge in [0.05, 0.1) is 12.0 Å². The fraction of sp³-hybridized carbons (Fsp3) is 0.455. The van der Waals surface area contributed by atoms with Gasteiger partial charge in [0.15, 0.2) is 0 Å². The van der Waals surface area contributed by atoms with Crippen molar-refractivity contribution < 1.29 is 4.74 Å². The molecule has 4 nitrogen and oxygen atoms in total. The Morgan fingerprint density at radius 3 is 3.00 bits per heavy atom. The second-order valence-corrected chi connectivity index (χ2v) is 4.95. The van der Waals surface area contributed by atoms with E-state index in [9.17, 15) is 0 Å². The Kier molecular flexibility index (Phi) is 3.24. The maximum absolute atomic E-state index is 5.64. The van der Waals surface area contributed by atoms with Crippen molar-refractivity contribution in [2.24, 2.45) is 5.92 Å². The van der Waals surface area contributed by atoms with Gasteiger partial charge in [0.25, 0.3) is 0 Å². The summed E-state index contributed by atoms with van der Waals surface area (Å²) >= 11 is 1.54. The zero-order valence-electron chi connectivity index (χ0n) is 9.43. The van der Waals surface area contributed by atoms with Crippen LogP contribution in [0.2, 0.25) is 0 Å². The van der Waals surface area contributed by atoms with Crippen molar-refractivity contribution in [2.45, 2.75) is 20.3 Å². The van der Waals surface area contributed by atoms with Crippen LogP contribution in [0.25, 0.3) is 10.2 Å². The highest BCUT2D eigenvalue weighted by atomic mass is 32.1. The maximum Gasteiger partial charge on any atom is 0.227 e. The summed E-state index contributed by atoms with van der Waals surface area (Å²) in [5, 5.41) is 2.91. The first kappa shape index (κ1) is 11.1. The van der Waals surface area contributed by atoms with Crippen molar-refractivity contribution in [3.8, 4) is 5.88 Å². The van der Waals surface area contributed by atoms with Crippen molar-refractivity contribution in [2.75, 3.05) is 12.3 Å². The van der Waals surface area contributed by atoms with Crippen molar-refractivity contribution in [3.05, 3.63) is 11.4 Å². The summed E-state index contributed by atoms with van der Waals surface area (Å²) in [5.74, 6) is 1.50. The average molecular weight is 237 g/mol. The lowest BCUT2D eigenvalue weighted by Gasteiger charge is -2.08. The Hall–Kier alpha value is -1.36. The molecule has 0 aliphatic carbocycles. The molecule has 2 heterocycles. The van der Waals surface area contributed by atoms with Gasteiger partial charge in [0.1, 0.15) is 4.83 Å². The minimum Gasteiger partial charge on any atom is -0.477 e. The Morgan fingerprint density at radius 2 is 2.25 bits per heavy atom. The molecule has 0 aliphatic heterocycles. The topological polar surface area (TPSA) is 61.0 Å². The predicted molar refractivity (Wildman–Crippen MR) is 66.8 cm³/mol. The normalized spacial score (nSPS) is 11.2. The van der Waals surface area contributed by atoms with Crippen molar-refractivity contribution in [1.29, 1.82) is 0 Å². The van der Waals surface area contributed by atoms with Gasteiger partial charge in [-0.15, -0.1) is 11.3 Å². The van der Waals surface area contributed by atoms with Crippen LogP contribution in [0.3, 0.4) is 0 Å². The maximum atomic E-state index is 5.64. The molecule has 2 N–H and O–H groups in total. The molecule has 0 aromatic carbocycles. The highest BCUT2D eigenvalue weighted by molar-refractivity contribution is 7.16. The second-order valence-electron chi connectivity index (χ2n) is 4.06. The smallest absolute Gasteiger partial charge is 0.227 e. The SMILES string of the molecule is CC(C)CCOc1nc(N)nc2sccc12. The lowest BCUT2D eigenvalue weighted by molar-refractivity contribution is 0.283. The van der Waals surface area contributed by atoms with E-state index < -0.39 is 0 Å². The Bertz CT molecular complexity index is 481. The van der Waals surface area contributed by atoms with Gasteiger partial charge in [0.2, 0.25) is 11.8 Å². The quantitative estimate of drug-likeness (QED) is 0.888. The molecular weight excluding hydrogens is 222 g/mol. The number of nitrogen functional groups attached to an aromatic ring is 1. The van der Waals surface area contributed by atoms with Gasteiger partial charge in [-0.1, -0.05) is 13.8 Å². The molecule has 0 bridgehead atoms. The molecule has 0 radical (unpaired) electrons. The third-order valence-corrected chi connectivity index (χ3v) is 3.05. The van der Waals surface area contributed by atoms with E-state index in [1.807, 2.05) is 11.4 Å². The largest absolute Gasteiger partial charge is 0.477 e. The summed E-state index contributed by atoms with van der Waals surface area (Å²) in [7, 11) is 0. The molecule has 0 fully saturated rings. The highest BCUT2D eigenvalue weighted by Gasteiger charge is 2.08. The van der Waals surface area contributed by atoms with Gasteiger partial charge < -0.3 is 10.5 Å². The number of thiophene rings is 1. The number of hydrogen-bond acceptors (Lipinski definition) is 5. The summed E-state index contributed by atoms with van der Waals surface area (Å²) in [6.07, 6.45) is 1.01. The predicted octanol–water partition coefficient (Wildman–Crippen LogP) is 2.70. The van der Waals surface area contributed by atoms with Gasteiger partial charge in [-0.2, -0.15) is 4.98 Å². The Balaban J connectivity index is 2.19. The number of ether oxygens (including phenoxy) is 1. The number of nitrogens with zero attached hydrogens (tertiary/aromatic N) is 2. The summed E-state index contributed by atoms with van der Waals surface area (Å²) in [6.45, 7) is 4.99. The molecule has 0 spiro atoms. The lowest BCUT2D eigenvalue weighted by Crippen LogP contribution is -2.04. The molecule has 0 aliphatic rings. The van der Waals surface area contributed by atoms with E-state index in [1.165, 1.54) is 0 Å². The van der Waals surface area contributed by atoms with Gasteiger partial charge in [0, 0.05) is 0 Å². The third-order valence-electron chi connectivity index (χ3n) is 2.24. The fourth-order valence-corrected chi connectivity index (χ4v) is 2.11. The van der Waals surface area contributed by atoms with Crippen molar-refractivity contribution >= 4 is 27.5 Å². The van der Waals surface area contributed by atoms with Gasteiger partial charge in [-0.25, -0.2) is 4.98 Å². The molecule has 0 saturated heterocycles. The molecule has 2 aromatic heterocycles. The van der Waals surface area contributed by atoms with E-state index in [1.54, 1.807) is 11.3 Å². The van der Waals surface area contributed by atoms with E-state index in [0.29, 0.717) is 18.4 Å². The molecule has 0 saturated carbocycles. The molecule has 2 aromatic rings. The van der Waals surface area contributed by atoms with Crippen LogP contribution in [0.4, 0.5) is 5.95 Å². The first-order chi connectivity index (χ1) is 7.66. The van der Waals surface area contributed by atoms with Gasteiger partial charge in [-0.05, 0) is 23.8 Å². The van der Waals surface area contributed by atoms with Crippen molar-refractivity contribution in [3.63, 3.8) is 0 Å². The van der Waals surface area contributed by atoms with Crippen LogP contribution >= 0.6 is 11.3 Å². The number of nitrogens with two attached hydrogens (primary N) is 1. The molecular formula is C11H15N3OS. The molecule has 2 rings (SSSR count). The summed E-state index contributed by atoms with van der Waals surface area (Å²) < 4.78 is 5.64. The zero-order valence-corrected chi connectivity index (χ0v) is 10.3. The van der Waals surface area contributed by atoms with Crippen LogP contribution in [0, 0.1) is 5.92 Å². The van der Waals surface area contributed by atoms with Crippen LogP contribution in [-0.4, -0.2) is 16.6 Å². The van der Waals surface area contributed by atoms with Crippen LogP contribution < -0.4 is 10.5 Å². The van der Waals surface area contributed by atoms with Crippen LogP contribution in [0.15, 0.2) is 11.4 Å². The molecule has 0 unspecified atom stereocenters. The first-order valence-corrected chi connectivity index (χ1v) is 6.18. The minimum atomic E-state index is 0.273. The van der Waals surface area contributed by atoms with Crippen LogP contribution in [0.5, 0.6) is 5.88 Å². The Morgan fingerprint density at radius 1 is 1.44 bits per heavy atom. The number of hydrogen-bond donors (Lipinski definition) is 1. The number of rotatable bonds is 4. The minimum absolute atomic E-state index is 0.273. The third kappa shape index (κ3) is 2.41. The average Bonchev–Trinajstić information content (AvgIpc) is 2.64. The van der Waals surface area contributed by atoms with Crippen molar-refractivity contribution in [1.82, 2.24) is 9.97 Å². The molecule has 16 heavy (non-hydrogen) atoms. The number of aromatic nitrogens is 2. The highest BCUT2D eigenvalue weighted by Crippen LogP contribution is 2.27. The van der Waals surface area contributed by atoms with E-state index >= 15 is 0 Å². The second kappa shape index (κ2) is 4.65. The summed E-state index contributed by atoms with van der Waals surface area (Å²) in [4.78, 5) is 9.15. The molecule has 0 amide bonds. The standard InChI is InChI=1S/C11H15N3OS/c1-7(2)3-5-15-9-8-4-6-16-10(8)14-11(12)13-9/h4,6-7H,3,5H2,1-2H3,(H2,12,13,14). The van der Waals surface area contributed by atoms with Gasteiger partial charge in [-0.3, -0.25) is 0 Å². The Labute approximate surface area is 98.5 Å². The van der Waals surface area contributed by atoms with E-state index in [4.69, 9.17) is 10.5 Å². The molecule has 86 valence electrons. The van der Waals surface area contributed by atoms with Gasteiger partial charge >= 0.3 is 0 Å². The summed E-state index contributed by atoms with van der Waals surface area (Å²) in [5.41, 5.74) is 5.62. The number of fused-ring (bicyclic) bond motifs is 1. The monoisotopic (exact) mass is 237 g/mol. The first-order valence-electron chi connectivity index (χ1n) is 5.30. The van der Waals surface area contributed by atoms with E-state index in [-0.39, 0.29) is 5.95 Å². The molecule has 5 heteroatoms. The van der Waals surface area contributed by atoms with Crippen LogP contribution in [0.1, 0.15) is 20.3 Å². The molecule has 0 atom stereocenters. The fourth-order valence-electron chi connectivity index (χ4n) is 1.35. The lowest BCUT2D eigenvalue weighted by atomic mass is 10.1. The number of anilines is 1. The van der Waals surface area contributed by atoms with E-state index in [0.717, 1.165) is 16.6 Å². The van der Waals surface area contributed by atoms with E-state index in [2.05, 4.69) is 23.8 Å². The zero-order chi connectivity index (χ0) is 11.5.